The highest BCUT2D eigenvalue weighted by molar-refractivity contribution is 7.89. The Bertz CT molecular complexity index is 569. The molecule has 3 rings (SSSR count). The van der Waals surface area contributed by atoms with Gasteiger partial charge in [-0.1, -0.05) is 6.07 Å². The number of hydrogen-bond acceptors (Lipinski definition) is 5. The Kier molecular flexibility index (Phi) is 3.76. The van der Waals surface area contributed by atoms with Gasteiger partial charge in [0.05, 0.1) is 6.61 Å². The molecular formula is C13H19N3O3S. The van der Waals surface area contributed by atoms with Gasteiger partial charge in [0.2, 0.25) is 0 Å². The normalized spacial score (nSPS) is 24.1. The van der Waals surface area contributed by atoms with Gasteiger partial charge in [-0.15, -0.1) is 0 Å². The molecule has 1 aliphatic carbocycles. The lowest BCUT2D eigenvalue weighted by molar-refractivity contribution is 0.281. The minimum atomic E-state index is -3.57. The molecule has 110 valence electrons. The zero-order chi connectivity index (χ0) is 14.2. The lowest BCUT2D eigenvalue weighted by Gasteiger charge is -2.15. The highest BCUT2D eigenvalue weighted by atomic mass is 32.2. The van der Waals surface area contributed by atoms with E-state index in [1.165, 1.54) is 25.1 Å². The molecule has 2 N–H and O–H groups in total. The summed E-state index contributed by atoms with van der Waals surface area (Å²) in [5.41, 5.74) is 0.602. The Morgan fingerprint density at radius 1 is 1.35 bits per heavy atom. The third-order valence-electron chi connectivity index (χ3n) is 3.86. The fourth-order valence-electron chi connectivity index (χ4n) is 2.60. The molecule has 6 nitrogen and oxygen atoms in total. The smallest absolute Gasteiger partial charge is 0.258 e. The van der Waals surface area contributed by atoms with Crippen molar-refractivity contribution in [2.75, 3.05) is 13.1 Å². The third kappa shape index (κ3) is 3.01. The highest BCUT2D eigenvalue weighted by Gasteiger charge is 2.35. The van der Waals surface area contributed by atoms with Crippen molar-refractivity contribution in [3.05, 3.63) is 23.9 Å². The van der Waals surface area contributed by atoms with E-state index in [0.717, 1.165) is 19.5 Å². The lowest BCUT2D eigenvalue weighted by Crippen LogP contribution is -2.37. The molecule has 0 aromatic carbocycles. The van der Waals surface area contributed by atoms with E-state index in [9.17, 15) is 8.42 Å². The Balaban J connectivity index is 1.65. The van der Waals surface area contributed by atoms with Gasteiger partial charge in [-0.05, 0) is 30.9 Å². The number of nitrogens with zero attached hydrogens (tertiary/aromatic N) is 2. The van der Waals surface area contributed by atoms with E-state index in [1.54, 1.807) is 6.07 Å². The Hall–Kier alpha value is -1.02. The van der Waals surface area contributed by atoms with Crippen molar-refractivity contribution >= 4 is 10.0 Å². The summed E-state index contributed by atoms with van der Waals surface area (Å²) in [5, 5.41) is 8.95. The minimum Gasteiger partial charge on any atom is -0.392 e. The first kappa shape index (κ1) is 13.9. The molecule has 1 aliphatic heterocycles. The van der Waals surface area contributed by atoms with Crippen molar-refractivity contribution in [2.45, 2.75) is 43.0 Å². The quantitative estimate of drug-likeness (QED) is 0.805. The first-order valence-electron chi connectivity index (χ1n) is 6.90. The fraction of sp³-hybridized carbons (Fsp3) is 0.615. The molecule has 1 unspecified atom stereocenters. The molecule has 7 heteroatoms. The molecular weight excluding hydrogens is 278 g/mol. The molecule has 20 heavy (non-hydrogen) atoms. The summed E-state index contributed by atoms with van der Waals surface area (Å²) in [5.74, 6) is 0. The van der Waals surface area contributed by atoms with E-state index >= 15 is 0 Å². The number of aromatic nitrogens is 1. The first-order chi connectivity index (χ1) is 9.58. The zero-order valence-corrected chi connectivity index (χ0v) is 12.0. The van der Waals surface area contributed by atoms with E-state index in [-0.39, 0.29) is 17.7 Å². The molecule has 2 heterocycles. The van der Waals surface area contributed by atoms with Crippen LogP contribution in [0.15, 0.2) is 23.4 Å². The van der Waals surface area contributed by atoms with Crippen molar-refractivity contribution < 1.29 is 13.5 Å². The second kappa shape index (κ2) is 5.40. The van der Waals surface area contributed by atoms with Gasteiger partial charge in [0.1, 0.15) is 0 Å². The second-order valence-electron chi connectivity index (χ2n) is 5.50. The Labute approximate surface area is 118 Å². The van der Waals surface area contributed by atoms with Crippen LogP contribution >= 0.6 is 0 Å². The molecule has 2 fully saturated rings. The third-order valence-corrected chi connectivity index (χ3v) is 5.30. The Morgan fingerprint density at radius 2 is 2.15 bits per heavy atom. The molecule has 1 aromatic rings. The fourth-order valence-corrected chi connectivity index (χ4v) is 3.79. The van der Waals surface area contributed by atoms with Crippen LogP contribution in [0, 0.1) is 0 Å². The van der Waals surface area contributed by atoms with Crippen LogP contribution in [0.2, 0.25) is 0 Å². The van der Waals surface area contributed by atoms with Gasteiger partial charge < -0.3 is 5.11 Å². The zero-order valence-electron chi connectivity index (χ0n) is 11.2. The van der Waals surface area contributed by atoms with E-state index in [4.69, 9.17) is 5.11 Å². The average molecular weight is 297 g/mol. The van der Waals surface area contributed by atoms with Crippen LogP contribution in [0.3, 0.4) is 0 Å². The van der Waals surface area contributed by atoms with Crippen LogP contribution in [0.1, 0.15) is 24.8 Å². The number of aliphatic hydroxyl groups excluding tert-OH is 1. The maximum atomic E-state index is 12.2. The standard InChI is InChI=1S/C13H19N3O3S/c17-9-10-1-4-13(14-7-10)20(18,19)15-11-5-6-16(8-11)12-2-3-12/h1,4,7,11-12,15,17H,2-3,5-6,8-9H2. The monoisotopic (exact) mass is 297 g/mol. The summed E-state index contributed by atoms with van der Waals surface area (Å²) in [6.07, 6.45) is 4.72. The van der Waals surface area contributed by atoms with E-state index in [1.807, 2.05) is 0 Å². The number of sulfonamides is 1. The van der Waals surface area contributed by atoms with Crippen molar-refractivity contribution in [1.29, 1.82) is 0 Å². The average Bonchev–Trinajstić information content (AvgIpc) is 3.20. The summed E-state index contributed by atoms with van der Waals surface area (Å²) in [7, 11) is -3.57. The van der Waals surface area contributed by atoms with E-state index < -0.39 is 10.0 Å². The van der Waals surface area contributed by atoms with Gasteiger partial charge in [-0.25, -0.2) is 18.1 Å². The summed E-state index contributed by atoms with van der Waals surface area (Å²) >= 11 is 0. The lowest BCUT2D eigenvalue weighted by atomic mass is 10.3. The van der Waals surface area contributed by atoms with Gasteiger partial charge >= 0.3 is 0 Å². The van der Waals surface area contributed by atoms with Crippen LogP contribution in [0.4, 0.5) is 0 Å². The SMILES string of the molecule is O=S(=O)(NC1CCN(C2CC2)C1)c1ccc(CO)cn1. The number of pyridine rings is 1. The van der Waals surface area contributed by atoms with Gasteiger partial charge in [-0.3, -0.25) is 4.90 Å². The number of rotatable bonds is 5. The number of likely N-dealkylation sites (tertiary alicyclic amines) is 1. The maximum absolute atomic E-state index is 12.2. The maximum Gasteiger partial charge on any atom is 0.258 e. The number of aliphatic hydroxyl groups is 1. The Morgan fingerprint density at radius 3 is 2.75 bits per heavy atom. The van der Waals surface area contributed by atoms with Crippen molar-refractivity contribution in [1.82, 2.24) is 14.6 Å². The van der Waals surface area contributed by atoms with Crippen LogP contribution < -0.4 is 4.72 Å². The predicted octanol–water partition coefficient (Wildman–Crippen LogP) is 0.0889. The van der Waals surface area contributed by atoms with Crippen molar-refractivity contribution in [2.24, 2.45) is 0 Å². The van der Waals surface area contributed by atoms with E-state index in [2.05, 4.69) is 14.6 Å². The van der Waals surface area contributed by atoms with Gasteiger partial charge in [0, 0.05) is 31.4 Å². The molecule has 0 bridgehead atoms. The van der Waals surface area contributed by atoms with Crippen LogP contribution in [0.5, 0.6) is 0 Å². The predicted molar refractivity (Wildman–Crippen MR) is 73.5 cm³/mol. The molecule has 2 aliphatic rings. The summed E-state index contributed by atoms with van der Waals surface area (Å²) in [6.45, 7) is 1.62. The molecule has 1 aromatic heterocycles. The molecule has 0 radical (unpaired) electrons. The van der Waals surface area contributed by atoms with Crippen molar-refractivity contribution in [3.63, 3.8) is 0 Å². The summed E-state index contributed by atoms with van der Waals surface area (Å²) in [4.78, 5) is 6.26. The number of nitrogens with one attached hydrogen (secondary N) is 1. The topological polar surface area (TPSA) is 82.5 Å². The van der Waals surface area contributed by atoms with Crippen molar-refractivity contribution in [3.8, 4) is 0 Å². The van der Waals surface area contributed by atoms with Gasteiger partial charge in [0.25, 0.3) is 10.0 Å². The molecule has 1 saturated heterocycles. The van der Waals surface area contributed by atoms with Gasteiger partial charge in [0.15, 0.2) is 5.03 Å². The van der Waals surface area contributed by atoms with Crippen LogP contribution in [-0.2, 0) is 16.6 Å². The molecule has 1 atom stereocenters. The highest BCUT2D eigenvalue weighted by Crippen LogP contribution is 2.30. The second-order valence-corrected chi connectivity index (χ2v) is 7.16. The molecule has 0 amide bonds. The molecule has 0 spiro atoms. The van der Waals surface area contributed by atoms with Crippen LogP contribution in [0.25, 0.3) is 0 Å². The summed E-state index contributed by atoms with van der Waals surface area (Å²) < 4.78 is 27.2. The van der Waals surface area contributed by atoms with Crippen LogP contribution in [-0.4, -0.2) is 48.6 Å². The minimum absolute atomic E-state index is 0.0135. The van der Waals surface area contributed by atoms with E-state index in [0.29, 0.717) is 11.6 Å². The molecule has 1 saturated carbocycles. The first-order valence-corrected chi connectivity index (χ1v) is 8.39. The summed E-state index contributed by atoms with van der Waals surface area (Å²) in [6, 6.07) is 3.65. The van der Waals surface area contributed by atoms with Gasteiger partial charge in [-0.2, -0.15) is 0 Å². The largest absolute Gasteiger partial charge is 0.392 e. The number of hydrogen-bond donors (Lipinski definition) is 2.